The van der Waals surface area contributed by atoms with Crippen molar-refractivity contribution in [2.45, 2.75) is 20.6 Å². The molecule has 1 N–H and O–H groups in total. The molecule has 1 unspecified atom stereocenters. The van der Waals surface area contributed by atoms with Gasteiger partial charge >= 0.3 is 5.97 Å². The maximum absolute atomic E-state index is 10.1. The molecule has 9 heavy (non-hydrogen) atoms. The fourth-order valence-electron chi connectivity index (χ4n) is 0.216. The summed E-state index contributed by atoms with van der Waals surface area (Å²) < 4.78 is 4.20. The van der Waals surface area contributed by atoms with E-state index in [1.807, 2.05) is 0 Å². The second-order valence-electron chi connectivity index (χ2n) is 1.24. The van der Waals surface area contributed by atoms with E-state index in [0.29, 0.717) is 0 Å². The minimum absolute atomic E-state index is 0. The molecule has 0 saturated heterocycles. The average molecular weight is 132 g/mol. The number of aliphatic hydroxyl groups excluding tert-OH is 1. The highest BCUT2D eigenvalue weighted by Crippen LogP contribution is 1.84. The van der Waals surface area contributed by atoms with Crippen molar-refractivity contribution in [1.29, 1.82) is 0 Å². The molecule has 0 aliphatic heterocycles. The topological polar surface area (TPSA) is 46.5 Å². The Bertz CT molecular complexity index is 96.5. The predicted molar refractivity (Wildman–Crippen MR) is 34.7 cm³/mol. The predicted octanol–water partition coefficient (Wildman–Crippen LogP) is 0.690. The van der Waals surface area contributed by atoms with Crippen LogP contribution >= 0.6 is 0 Å². The lowest BCUT2D eigenvalue weighted by molar-refractivity contribution is -0.158. The molecule has 0 aliphatic carbocycles. The van der Waals surface area contributed by atoms with Gasteiger partial charge in [0, 0.05) is 6.08 Å². The van der Waals surface area contributed by atoms with Crippen molar-refractivity contribution in [1.82, 2.24) is 0 Å². The zero-order chi connectivity index (χ0) is 6.57. The lowest BCUT2D eigenvalue weighted by Crippen LogP contribution is -2.10. The normalized spacial score (nSPS) is 10.9. The van der Waals surface area contributed by atoms with Gasteiger partial charge in [-0.3, -0.25) is 0 Å². The van der Waals surface area contributed by atoms with Gasteiger partial charge in [-0.05, 0) is 6.92 Å². The Hall–Kier alpha value is -0.830. The number of rotatable bonds is 2. The summed E-state index contributed by atoms with van der Waals surface area (Å²) in [6, 6.07) is 0. The summed E-state index contributed by atoms with van der Waals surface area (Å²) in [5, 5.41) is 8.36. The smallest absolute Gasteiger partial charge is 0.332 e. The largest absolute Gasteiger partial charge is 0.433 e. The van der Waals surface area contributed by atoms with Crippen LogP contribution in [0.5, 0.6) is 0 Å². The van der Waals surface area contributed by atoms with Crippen molar-refractivity contribution in [2.75, 3.05) is 0 Å². The maximum Gasteiger partial charge on any atom is 0.332 e. The maximum atomic E-state index is 10.1. The van der Waals surface area contributed by atoms with Crippen LogP contribution in [0.3, 0.4) is 0 Å². The van der Waals surface area contributed by atoms with Crippen LogP contribution in [0, 0.1) is 0 Å². The van der Waals surface area contributed by atoms with Crippen LogP contribution in [0.1, 0.15) is 14.4 Å². The highest BCUT2D eigenvalue weighted by molar-refractivity contribution is 5.81. The summed E-state index contributed by atoms with van der Waals surface area (Å²) in [5.41, 5.74) is 0. The number of hydrogen-bond donors (Lipinski definition) is 1. The molecule has 0 radical (unpaired) electrons. The molecule has 54 valence electrons. The average Bonchev–Trinajstić information content (AvgIpc) is 1.65. The van der Waals surface area contributed by atoms with Gasteiger partial charge < -0.3 is 9.84 Å². The molecule has 0 amide bonds. The van der Waals surface area contributed by atoms with Crippen molar-refractivity contribution >= 4 is 5.97 Å². The van der Waals surface area contributed by atoms with E-state index in [1.165, 1.54) is 6.92 Å². The molecule has 0 rings (SSSR count). The summed E-state index contributed by atoms with van der Waals surface area (Å²) in [6.45, 7) is 4.48. The summed E-state index contributed by atoms with van der Waals surface area (Å²) in [7, 11) is 0. The summed E-state index contributed by atoms with van der Waals surface area (Å²) in [5.74, 6) is -0.611. The van der Waals surface area contributed by atoms with Gasteiger partial charge in [0.05, 0.1) is 0 Å². The Kier molecular flexibility index (Phi) is 6.51. The van der Waals surface area contributed by atoms with Gasteiger partial charge in [0.15, 0.2) is 6.29 Å². The van der Waals surface area contributed by atoms with Crippen LogP contribution in [0.4, 0.5) is 0 Å². The van der Waals surface area contributed by atoms with E-state index < -0.39 is 12.3 Å². The standard InChI is InChI=1S/C5H8O3.CH4/c1-3-5(7)8-4(2)6;/h3-4,6H,1H2,2H3;1H4. The van der Waals surface area contributed by atoms with Crippen LogP contribution in [-0.2, 0) is 9.53 Å². The Morgan fingerprint density at radius 1 is 1.89 bits per heavy atom. The number of aliphatic hydroxyl groups is 1. The number of hydrogen-bond acceptors (Lipinski definition) is 3. The lowest BCUT2D eigenvalue weighted by atomic mass is 10.6. The van der Waals surface area contributed by atoms with E-state index >= 15 is 0 Å². The van der Waals surface area contributed by atoms with Gasteiger partial charge in [-0.25, -0.2) is 4.79 Å². The van der Waals surface area contributed by atoms with Gasteiger partial charge in [0.2, 0.25) is 0 Å². The fourth-order valence-corrected chi connectivity index (χ4v) is 0.216. The first kappa shape index (κ1) is 11.0. The van der Waals surface area contributed by atoms with Gasteiger partial charge in [0.25, 0.3) is 0 Å². The third kappa shape index (κ3) is 7.17. The van der Waals surface area contributed by atoms with Gasteiger partial charge in [-0.2, -0.15) is 0 Å². The molecule has 0 spiro atoms. The minimum atomic E-state index is -1.04. The van der Waals surface area contributed by atoms with Crippen molar-refractivity contribution in [3.05, 3.63) is 12.7 Å². The summed E-state index contributed by atoms with van der Waals surface area (Å²) in [6.07, 6.45) is -0.0484. The Labute approximate surface area is 54.9 Å². The Morgan fingerprint density at radius 2 is 2.33 bits per heavy atom. The van der Waals surface area contributed by atoms with E-state index in [9.17, 15) is 4.79 Å². The zero-order valence-electron chi connectivity index (χ0n) is 4.63. The molecule has 3 nitrogen and oxygen atoms in total. The highest BCUT2D eigenvalue weighted by Gasteiger charge is 1.97. The van der Waals surface area contributed by atoms with Gasteiger partial charge in [0.1, 0.15) is 0 Å². The molecule has 0 fully saturated rings. The molecule has 0 aromatic heterocycles. The summed E-state index contributed by atoms with van der Waals surface area (Å²) in [4.78, 5) is 10.1. The molecular weight excluding hydrogens is 120 g/mol. The second-order valence-corrected chi connectivity index (χ2v) is 1.24. The van der Waals surface area contributed by atoms with E-state index in [-0.39, 0.29) is 7.43 Å². The molecule has 0 heterocycles. The molecule has 0 aromatic rings. The monoisotopic (exact) mass is 132 g/mol. The van der Waals surface area contributed by atoms with Crippen molar-refractivity contribution in [2.24, 2.45) is 0 Å². The van der Waals surface area contributed by atoms with Crippen molar-refractivity contribution in [3.63, 3.8) is 0 Å². The number of carbonyl (C=O) groups excluding carboxylic acids is 1. The first-order chi connectivity index (χ1) is 3.66. The van der Waals surface area contributed by atoms with Crippen LogP contribution in [-0.4, -0.2) is 17.4 Å². The van der Waals surface area contributed by atoms with Gasteiger partial charge in [-0.15, -0.1) is 0 Å². The van der Waals surface area contributed by atoms with E-state index in [1.54, 1.807) is 0 Å². The van der Waals surface area contributed by atoms with E-state index in [0.717, 1.165) is 6.08 Å². The summed E-state index contributed by atoms with van der Waals surface area (Å²) >= 11 is 0. The lowest BCUT2D eigenvalue weighted by Gasteiger charge is -2.01. The number of carbonyl (C=O) groups is 1. The van der Waals surface area contributed by atoms with Crippen LogP contribution in [0.2, 0.25) is 0 Å². The third-order valence-corrected chi connectivity index (χ3v) is 0.453. The zero-order valence-corrected chi connectivity index (χ0v) is 4.63. The molecule has 0 aliphatic rings. The van der Waals surface area contributed by atoms with Gasteiger partial charge in [-0.1, -0.05) is 14.0 Å². The van der Waals surface area contributed by atoms with Crippen molar-refractivity contribution in [3.8, 4) is 0 Å². The first-order valence-corrected chi connectivity index (χ1v) is 2.18. The molecule has 1 atom stereocenters. The quantitative estimate of drug-likeness (QED) is 0.341. The minimum Gasteiger partial charge on any atom is -0.433 e. The molecule has 0 aromatic carbocycles. The Balaban J connectivity index is 0. The van der Waals surface area contributed by atoms with Crippen LogP contribution in [0.15, 0.2) is 12.7 Å². The van der Waals surface area contributed by atoms with Crippen LogP contribution < -0.4 is 0 Å². The molecular formula is C6H12O3. The van der Waals surface area contributed by atoms with E-state index in [2.05, 4.69) is 11.3 Å². The molecule has 3 heteroatoms. The molecule has 0 saturated carbocycles. The third-order valence-electron chi connectivity index (χ3n) is 0.453. The first-order valence-electron chi connectivity index (χ1n) is 2.18. The molecule has 0 bridgehead atoms. The SMILES string of the molecule is C.C=CC(=O)OC(C)O. The Morgan fingerprint density at radius 3 is 2.44 bits per heavy atom. The number of ether oxygens (including phenoxy) is 1. The second kappa shape index (κ2) is 5.31. The van der Waals surface area contributed by atoms with Crippen molar-refractivity contribution < 1.29 is 14.6 Å². The highest BCUT2D eigenvalue weighted by atomic mass is 16.6. The fraction of sp³-hybridized carbons (Fsp3) is 0.500. The number of esters is 1. The van der Waals surface area contributed by atoms with E-state index in [4.69, 9.17) is 5.11 Å². The van der Waals surface area contributed by atoms with Crippen LogP contribution in [0.25, 0.3) is 0 Å².